The molecular weight excluding hydrogens is 378 g/mol. The Labute approximate surface area is 170 Å². The Balaban J connectivity index is 1.42. The summed E-state index contributed by atoms with van der Waals surface area (Å²) in [6, 6.07) is 3.13. The number of esters is 2. The van der Waals surface area contributed by atoms with Gasteiger partial charge in [-0.1, -0.05) is 6.08 Å². The number of halogens is 2. The van der Waals surface area contributed by atoms with Gasteiger partial charge in [0.15, 0.2) is 11.6 Å². The molecule has 4 nitrogen and oxygen atoms in total. The normalized spacial score (nSPS) is 27.6. The number of ether oxygens (including phenoxy) is 2. The second-order valence-electron chi connectivity index (χ2n) is 8.08. The highest BCUT2D eigenvalue weighted by molar-refractivity contribution is 5.81. The van der Waals surface area contributed by atoms with Gasteiger partial charge in [0.1, 0.15) is 11.9 Å². The van der Waals surface area contributed by atoms with E-state index in [2.05, 4.69) is 0 Å². The van der Waals surface area contributed by atoms with Gasteiger partial charge in [0.2, 0.25) is 0 Å². The predicted octanol–water partition coefficient (Wildman–Crippen LogP) is 5.35. The van der Waals surface area contributed by atoms with Crippen molar-refractivity contribution in [2.75, 3.05) is 0 Å². The predicted molar refractivity (Wildman–Crippen MR) is 104 cm³/mol. The van der Waals surface area contributed by atoms with E-state index in [1.165, 1.54) is 12.1 Å². The standard InChI is InChI=1S/C23H28F2O4/c1-2-3-22(26)28-18-10-8-16(9-11-18)15-4-6-17(7-5-15)23(27)29-19-12-13-20(24)21(25)14-19/h2-3,12-18H,4-11H2,1H3/b3-2+/t15-,16-,17-,18-. The molecule has 158 valence electrons. The molecule has 0 heterocycles. The van der Waals surface area contributed by atoms with Crippen molar-refractivity contribution in [3.63, 3.8) is 0 Å². The summed E-state index contributed by atoms with van der Waals surface area (Å²) in [4.78, 5) is 23.9. The highest BCUT2D eigenvalue weighted by Crippen LogP contribution is 2.41. The molecule has 0 saturated heterocycles. The summed E-state index contributed by atoms with van der Waals surface area (Å²) in [5.41, 5.74) is 0. The number of rotatable bonds is 5. The van der Waals surface area contributed by atoms with Crippen molar-refractivity contribution in [1.29, 1.82) is 0 Å². The Bertz CT molecular complexity index is 745. The molecule has 2 saturated carbocycles. The van der Waals surface area contributed by atoms with Crippen LogP contribution in [0.15, 0.2) is 30.4 Å². The van der Waals surface area contributed by atoms with E-state index in [1.54, 1.807) is 13.0 Å². The Morgan fingerprint density at radius 2 is 1.55 bits per heavy atom. The molecule has 2 aliphatic carbocycles. The molecule has 2 fully saturated rings. The summed E-state index contributed by atoms with van der Waals surface area (Å²) in [5, 5.41) is 0. The van der Waals surface area contributed by atoms with Crippen LogP contribution in [0, 0.1) is 29.4 Å². The summed E-state index contributed by atoms with van der Waals surface area (Å²) >= 11 is 0. The van der Waals surface area contributed by atoms with Crippen LogP contribution in [0.5, 0.6) is 5.75 Å². The number of hydrogen-bond donors (Lipinski definition) is 0. The zero-order valence-corrected chi connectivity index (χ0v) is 16.7. The Morgan fingerprint density at radius 1 is 0.931 bits per heavy atom. The van der Waals surface area contributed by atoms with E-state index < -0.39 is 11.6 Å². The average Bonchev–Trinajstić information content (AvgIpc) is 2.71. The van der Waals surface area contributed by atoms with Gasteiger partial charge in [-0.3, -0.25) is 4.79 Å². The van der Waals surface area contributed by atoms with Crippen LogP contribution in [0.3, 0.4) is 0 Å². The Morgan fingerprint density at radius 3 is 2.14 bits per heavy atom. The van der Waals surface area contributed by atoms with Gasteiger partial charge in [-0.15, -0.1) is 0 Å². The van der Waals surface area contributed by atoms with Crippen molar-refractivity contribution in [3.05, 3.63) is 42.0 Å². The highest BCUT2D eigenvalue weighted by atomic mass is 19.2. The summed E-state index contributed by atoms with van der Waals surface area (Å²) in [6.07, 6.45) is 10.5. The number of allylic oxidation sites excluding steroid dienone is 1. The summed E-state index contributed by atoms with van der Waals surface area (Å²) in [5.74, 6) is -1.59. The molecular formula is C23H28F2O4. The van der Waals surface area contributed by atoms with Crippen molar-refractivity contribution < 1.29 is 27.8 Å². The molecule has 0 N–H and O–H groups in total. The third-order valence-corrected chi connectivity index (χ3v) is 6.19. The lowest BCUT2D eigenvalue weighted by Crippen LogP contribution is -2.31. The lowest BCUT2D eigenvalue weighted by molar-refractivity contribution is -0.145. The van der Waals surface area contributed by atoms with Crippen LogP contribution in [0.2, 0.25) is 0 Å². The van der Waals surface area contributed by atoms with E-state index in [0.29, 0.717) is 11.8 Å². The van der Waals surface area contributed by atoms with Gasteiger partial charge in [0.05, 0.1) is 5.92 Å². The van der Waals surface area contributed by atoms with E-state index in [-0.39, 0.29) is 29.7 Å². The van der Waals surface area contributed by atoms with Crippen molar-refractivity contribution in [3.8, 4) is 5.75 Å². The molecule has 1 aromatic rings. The van der Waals surface area contributed by atoms with Gasteiger partial charge in [-0.05, 0) is 82.3 Å². The minimum Gasteiger partial charge on any atom is -0.459 e. The highest BCUT2D eigenvalue weighted by Gasteiger charge is 2.34. The van der Waals surface area contributed by atoms with Gasteiger partial charge < -0.3 is 9.47 Å². The van der Waals surface area contributed by atoms with Crippen LogP contribution in [0.4, 0.5) is 8.78 Å². The zero-order chi connectivity index (χ0) is 20.8. The van der Waals surface area contributed by atoms with Crippen LogP contribution in [-0.4, -0.2) is 18.0 Å². The first kappa shape index (κ1) is 21.5. The van der Waals surface area contributed by atoms with E-state index in [9.17, 15) is 18.4 Å². The summed E-state index contributed by atoms with van der Waals surface area (Å²) < 4.78 is 36.9. The monoisotopic (exact) mass is 406 g/mol. The quantitative estimate of drug-likeness (QED) is 0.376. The van der Waals surface area contributed by atoms with Gasteiger partial charge in [0, 0.05) is 12.1 Å². The zero-order valence-electron chi connectivity index (χ0n) is 16.7. The van der Waals surface area contributed by atoms with Gasteiger partial charge >= 0.3 is 11.9 Å². The molecule has 3 rings (SSSR count). The van der Waals surface area contributed by atoms with E-state index >= 15 is 0 Å². The fourth-order valence-electron chi connectivity index (χ4n) is 4.58. The van der Waals surface area contributed by atoms with Crippen LogP contribution in [0.1, 0.15) is 58.3 Å². The average molecular weight is 406 g/mol. The SMILES string of the molecule is C/C=C/C(=O)O[C@H]1CC[C@H]([C@H]2CC[C@H](C(=O)Oc3ccc(F)c(F)c3)CC2)CC1. The third kappa shape index (κ3) is 5.87. The van der Waals surface area contributed by atoms with Crippen LogP contribution < -0.4 is 4.74 Å². The first-order valence-corrected chi connectivity index (χ1v) is 10.5. The number of benzene rings is 1. The fourth-order valence-corrected chi connectivity index (χ4v) is 4.58. The maximum Gasteiger partial charge on any atom is 0.330 e. The van der Waals surface area contributed by atoms with Crippen molar-refractivity contribution in [1.82, 2.24) is 0 Å². The maximum absolute atomic E-state index is 13.3. The van der Waals surface area contributed by atoms with Crippen LogP contribution in [0.25, 0.3) is 0 Å². The Kier molecular flexibility index (Phi) is 7.40. The minimum atomic E-state index is -1.02. The first-order valence-electron chi connectivity index (χ1n) is 10.5. The number of carbonyl (C=O) groups is 2. The van der Waals surface area contributed by atoms with Crippen molar-refractivity contribution >= 4 is 11.9 Å². The van der Waals surface area contributed by atoms with E-state index in [0.717, 1.165) is 63.5 Å². The molecule has 0 aromatic heterocycles. The molecule has 29 heavy (non-hydrogen) atoms. The van der Waals surface area contributed by atoms with E-state index in [1.807, 2.05) is 0 Å². The molecule has 0 atom stereocenters. The third-order valence-electron chi connectivity index (χ3n) is 6.19. The second kappa shape index (κ2) is 9.99. The van der Waals surface area contributed by atoms with Crippen LogP contribution >= 0.6 is 0 Å². The molecule has 2 aliphatic rings. The maximum atomic E-state index is 13.3. The minimum absolute atomic E-state index is 0.0115. The largest absolute Gasteiger partial charge is 0.459 e. The molecule has 6 heteroatoms. The lowest BCUT2D eigenvalue weighted by Gasteiger charge is -2.37. The van der Waals surface area contributed by atoms with Gasteiger partial charge in [-0.2, -0.15) is 0 Å². The van der Waals surface area contributed by atoms with Gasteiger partial charge in [-0.25, -0.2) is 13.6 Å². The smallest absolute Gasteiger partial charge is 0.330 e. The molecule has 0 aliphatic heterocycles. The van der Waals surface area contributed by atoms with E-state index in [4.69, 9.17) is 9.47 Å². The van der Waals surface area contributed by atoms with Crippen molar-refractivity contribution in [2.45, 2.75) is 64.4 Å². The number of carbonyl (C=O) groups excluding carboxylic acids is 2. The Hall–Kier alpha value is -2.24. The molecule has 0 bridgehead atoms. The molecule has 0 unspecified atom stereocenters. The lowest BCUT2D eigenvalue weighted by atomic mass is 9.70. The molecule has 0 spiro atoms. The molecule has 0 radical (unpaired) electrons. The summed E-state index contributed by atoms with van der Waals surface area (Å²) in [6.45, 7) is 1.79. The second-order valence-corrected chi connectivity index (χ2v) is 8.08. The molecule has 0 amide bonds. The van der Waals surface area contributed by atoms with Crippen LogP contribution in [-0.2, 0) is 14.3 Å². The first-order chi connectivity index (χ1) is 14.0. The number of hydrogen-bond acceptors (Lipinski definition) is 4. The van der Waals surface area contributed by atoms with Crippen molar-refractivity contribution in [2.24, 2.45) is 17.8 Å². The topological polar surface area (TPSA) is 52.6 Å². The fraction of sp³-hybridized carbons (Fsp3) is 0.565. The summed E-state index contributed by atoms with van der Waals surface area (Å²) in [7, 11) is 0. The molecule has 1 aromatic carbocycles. The van der Waals surface area contributed by atoms with Gasteiger partial charge in [0.25, 0.3) is 0 Å².